The molecule has 0 bridgehead atoms. The molecule has 0 fully saturated rings. The molecule has 5 nitrogen and oxygen atoms in total. The first-order valence-electron chi connectivity index (χ1n) is 4.57. The molecule has 1 heterocycles. The van der Waals surface area contributed by atoms with Crippen molar-refractivity contribution in [3.8, 4) is 5.75 Å². The number of aromatic hydroxyl groups is 1. The Morgan fingerprint density at radius 2 is 2.19 bits per heavy atom. The number of para-hydroxylation sites is 1. The zero-order valence-corrected chi connectivity index (χ0v) is 8.48. The SMILES string of the molecule is COC(=O)c1cc(=O)c2cccc(O)c2[nH]1. The molecule has 0 saturated heterocycles. The molecule has 5 heteroatoms. The van der Waals surface area contributed by atoms with Crippen molar-refractivity contribution in [2.24, 2.45) is 0 Å². The maximum absolute atomic E-state index is 11.6. The maximum Gasteiger partial charge on any atom is 0.354 e. The van der Waals surface area contributed by atoms with Gasteiger partial charge in [-0.15, -0.1) is 0 Å². The molecule has 82 valence electrons. The molecule has 1 aromatic carbocycles. The quantitative estimate of drug-likeness (QED) is 0.702. The normalized spacial score (nSPS) is 10.3. The number of phenols is 1. The minimum atomic E-state index is -0.651. The summed E-state index contributed by atoms with van der Waals surface area (Å²) in [5.41, 5.74) is -0.0954. The first-order valence-corrected chi connectivity index (χ1v) is 4.57. The van der Waals surface area contributed by atoms with Crippen molar-refractivity contribution in [2.45, 2.75) is 0 Å². The van der Waals surface area contributed by atoms with Crippen LogP contribution in [-0.4, -0.2) is 23.2 Å². The number of pyridine rings is 1. The molecule has 0 unspecified atom stereocenters. The number of phenolic OH excluding ortho intramolecular Hbond substituents is 1. The van der Waals surface area contributed by atoms with Crippen LogP contribution in [0.5, 0.6) is 5.75 Å². The predicted molar refractivity (Wildman–Crippen MR) is 57.6 cm³/mol. The summed E-state index contributed by atoms with van der Waals surface area (Å²) in [7, 11) is 1.22. The van der Waals surface area contributed by atoms with Crippen LogP contribution in [0.1, 0.15) is 10.5 Å². The van der Waals surface area contributed by atoms with Crippen LogP contribution in [0.25, 0.3) is 10.9 Å². The van der Waals surface area contributed by atoms with Crippen LogP contribution >= 0.6 is 0 Å². The number of H-pyrrole nitrogens is 1. The van der Waals surface area contributed by atoms with Gasteiger partial charge >= 0.3 is 5.97 Å². The van der Waals surface area contributed by atoms with Crippen LogP contribution < -0.4 is 5.43 Å². The standard InChI is InChI=1S/C11H9NO4/c1-16-11(15)7-5-9(14)6-3-2-4-8(13)10(6)12-7/h2-5,13H,1H3,(H,12,14). The second-order valence-corrected chi connectivity index (χ2v) is 3.24. The summed E-state index contributed by atoms with van der Waals surface area (Å²) in [6.07, 6.45) is 0. The van der Waals surface area contributed by atoms with Gasteiger partial charge in [0.05, 0.1) is 12.6 Å². The lowest BCUT2D eigenvalue weighted by Crippen LogP contribution is -2.11. The van der Waals surface area contributed by atoms with Crippen LogP contribution in [0.4, 0.5) is 0 Å². The van der Waals surface area contributed by atoms with Crippen molar-refractivity contribution >= 4 is 16.9 Å². The summed E-state index contributed by atoms with van der Waals surface area (Å²) >= 11 is 0. The summed E-state index contributed by atoms with van der Waals surface area (Å²) in [6, 6.07) is 5.70. The van der Waals surface area contributed by atoms with Gasteiger partial charge in [0.1, 0.15) is 11.4 Å². The van der Waals surface area contributed by atoms with E-state index in [0.29, 0.717) is 5.39 Å². The van der Waals surface area contributed by atoms with Crippen LogP contribution in [0.3, 0.4) is 0 Å². The summed E-state index contributed by atoms with van der Waals surface area (Å²) in [5.74, 6) is -0.734. The van der Waals surface area contributed by atoms with Crippen molar-refractivity contribution in [3.63, 3.8) is 0 Å². The number of methoxy groups -OCH3 is 1. The van der Waals surface area contributed by atoms with Crippen molar-refractivity contribution < 1.29 is 14.6 Å². The molecular formula is C11H9NO4. The number of carbonyl (C=O) groups is 1. The Bertz CT molecular complexity index is 615. The zero-order valence-electron chi connectivity index (χ0n) is 8.48. The molecule has 2 aromatic rings. The van der Waals surface area contributed by atoms with E-state index < -0.39 is 5.97 Å². The number of nitrogens with one attached hydrogen (secondary N) is 1. The molecule has 0 amide bonds. The van der Waals surface area contributed by atoms with Crippen molar-refractivity contribution in [1.82, 2.24) is 4.98 Å². The van der Waals surface area contributed by atoms with Crippen molar-refractivity contribution in [3.05, 3.63) is 40.2 Å². The van der Waals surface area contributed by atoms with E-state index in [9.17, 15) is 14.7 Å². The van der Waals surface area contributed by atoms with E-state index in [1.165, 1.54) is 13.2 Å². The van der Waals surface area contributed by atoms with Gasteiger partial charge < -0.3 is 14.8 Å². The minimum Gasteiger partial charge on any atom is -0.506 e. The van der Waals surface area contributed by atoms with E-state index in [1.807, 2.05) is 0 Å². The third kappa shape index (κ3) is 1.52. The van der Waals surface area contributed by atoms with Gasteiger partial charge in [0.15, 0.2) is 5.43 Å². The second-order valence-electron chi connectivity index (χ2n) is 3.24. The van der Waals surface area contributed by atoms with Gasteiger partial charge in [0.2, 0.25) is 0 Å². The fourth-order valence-electron chi connectivity index (χ4n) is 1.48. The lowest BCUT2D eigenvalue weighted by Gasteiger charge is -2.03. The molecule has 16 heavy (non-hydrogen) atoms. The van der Waals surface area contributed by atoms with E-state index in [0.717, 1.165) is 6.07 Å². The number of fused-ring (bicyclic) bond motifs is 1. The number of benzene rings is 1. The first-order chi connectivity index (χ1) is 7.63. The number of carbonyl (C=O) groups excluding carboxylic acids is 1. The smallest absolute Gasteiger partial charge is 0.354 e. The lowest BCUT2D eigenvalue weighted by atomic mass is 10.2. The number of rotatable bonds is 1. The number of hydrogen-bond acceptors (Lipinski definition) is 4. The molecule has 0 aliphatic rings. The highest BCUT2D eigenvalue weighted by Gasteiger charge is 2.11. The van der Waals surface area contributed by atoms with Crippen LogP contribution in [0.15, 0.2) is 29.1 Å². The highest BCUT2D eigenvalue weighted by molar-refractivity contribution is 5.92. The molecule has 0 aliphatic heterocycles. The third-order valence-corrected chi connectivity index (χ3v) is 2.25. The predicted octanol–water partition coefficient (Wildman–Crippen LogP) is 1.02. The summed E-state index contributed by atoms with van der Waals surface area (Å²) in [4.78, 5) is 25.5. The summed E-state index contributed by atoms with van der Waals surface area (Å²) < 4.78 is 4.49. The Kier molecular flexibility index (Phi) is 2.36. The highest BCUT2D eigenvalue weighted by Crippen LogP contribution is 2.19. The molecule has 0 aliphatic carbocycles. The van der Waals surface area contributed by atoms with Crippen LogP contribution in [0.2, 0.25) is 0 Å². The summed E-state index contributed by atoms with van der Waals surface area (Å²) in [5, 5.41) is 9.88. The molecule has 1 aromatic heterocycles. The van der Waals surface area contributed by atoms with E-state index in [2.05, 4.69) is 9.72 Å². The number of aromatic nitrogens is 1. The van der Waals surface area contributed by atoms with Gasteiger partial charge in [0, 0.05) is 11.5 Å². The van der Waals surface area contributed by atoms with Crippen LogP contribution in [0, 0.1) is 0 Å². The number of aromatic amines is 1. The maximum atomic E-state index is 11.6. The molecular weight excluding hydrogens is 210 g/mol. The van der Waals surface area contributed by atoms with Gasteiger partial charge in [-0.05, 0) is 12.1 Å². The number of esters is 1. The monoisotopic (exact) mass is 219 g/mol. The van der Waals surface area contributed by atoms with Gasteiger partial charge in [0.25, 0.3) is 0 Å². The molecule has 0 radical (unpaired) electrons. The second kappa shape index (κ2) is 3.69. The number of ether oxygens (including phenoxy) is 1. The van der Waals surface area contributed by atoms with Gasteiger partial charge in [-0.25, -0.2) is 4.79 Å². The average Bonchev–Trinajstić information content (AvgIpc) is 2.29. The third-order valence-electron chi connectivity index (χ3n) is 2.25. The van der Waals surface area contributed by atoms with Crippen molar-refractivity contribution in [2.75, 3.05) is 7.11 Å². The Hall–Kier alpha value is -2.30. The Labute approximate surface area is 90.3 Å². The van der Waals surface area contributed by atoms with E-state index >= 15 is 0 Å². The first kappa shape index (κ1) is 10.2. The van der Waals surface area contributed by atoms with E-state index in [1.54, 1.807) is 12.1 Å². The summed E-state index contributed by atoms with van der Waals surface area (Å²) in [6.45, 7) is 0. The molecule has 0 atom stereocenters. The molecule has 2 rings (SSSR count). The fraction of sp³-hybridized carbons (Fsp3) is 0.0909. The lowest BCUT2D eigenvalue weighted by molar-refractivity contribution is 0.0594. The van der Waals surface area contributed by atoms with E-state index in [4.69, 9.17) is 0 Å². The largest absolute Gasteiger partial charge is 0.506 e. The van der Waals surface area contributed by atoms with Gasteiger partial charge in [-0.2, -0.15) is 0 Å². The van der Waals surface area contributed by atoms with E-state index in [-0.39, 0.29) is 22.4 Å². The molecule has 0 saturated carbocycles. The number of hydrogen-bond donors (Lipinski definition) is 2. The van der Waals surface area contributed by atoms with Crippen molar-refractivity contribution in [1.29, 1.82) is 0 Å². The average molecular weight is 219 g/mol. The zero-order chi connectivity index (χ0) is 11.7. The molecule has 2 N–H and O–H groups in total. The van der Waals surface area contributed by atoms with Crippen LogP contribution in [-0.2, 0) is 4.74 Å². The highest BCUT2D eigenvalue weighted by atomic mass is 16.5. The Morgan fingerprint density at radius 1 is 1.44 bits per heavy atom. The molecule has 0 spiro atoms. The fourth-order valence-corrected chi connectivity index (χ4v) is 1.48. The topological polar surface area (TPSA) is 79.4 Å². The minimum absolute atomic E-state index is 0.0153. The van der Waals surface area contributed by atoms with Gasteiger partial charge in [-0.3, -0.25) is 4.79 Å². The Balaban J connectivity index is 2.80. The van der Waals surface area contributed by atoms with Gasteiger partial charge in [-0.1, -0.05) is 6.07 Å². The Morgan fingerprint density at radius 3 is 2.88 bits per heavy atom.